The number of benzene rings is 2. The zero-order valence-corrected chi connectivity index (χ0v) is 19.6. The van der Waals surface area contributed by atoms with Crippen LogP contribution in [-0.2, 0) is 11.2 Å². The van der Waals surface area contributed by atoms with Crippen LogP contribution in [0.25, 0.3) is 0 Å². The van der Waals surface area contributed by atoms with Crippen molar-refractivity contribution in [3.8, 4) is 5.75 Å². The van der Waals surface area contributed by atoms with Crippen molar-refractivity contribution in [1.82, 2.24) is 4.98 Å². The minimum atomic E-state index is 0.231. The molecule has 6 rings (SSSR count). The van der Waals surface area contributed by atoms with Crippen molar-refractivity contribution in [1.29, 1.82) is 0 Å². The zero-order valence-electron chi connectivity index (χ0n) is 19.6. The summed E-state index contributed by atoms with van der Waals surface area (Å²) in [7, 11) is 0. The van der Waals surface area contributed by atoms with Gasteiger partial charge in [-0.3, -0.25) is 0 Å². The molecule has 174 valence electrons. The van der Waals surface area contributed by atoms with Crippen LogP contribution in [0, 0.1) is 11.3 Å². The van der Waals surface area contributed by atoms with Crippen LogP contribution in [0.5, 0.6) is 5.75 Å². The van der Waals surface area contributed by atoms with E-state index >= 15 is 0 Å². The highest BCUT2D eigenvalue weighted by Crippen LogP contribution is 2.48. The number of fused-ring (bicyclic) bond motifs is 1. The molecule has 2 aliphatic carbocycles. The first kappa shape index (κ1) is 21.4. The van der Waals surface area contributed by atoms with Crippen LogP contribution in [0.1, 0.15) is 66.2 Å². The number of hydrogen-bond acceptors (Lipinski definition) is 4. The fourth-order valence-electron chi connectivity index (χ4n) is 6.68. The number of aromatic hydroxyl groups is 1. The molecule has 0 bridgehead atoms. The number of aldehydes is 1. The van der Waals surface area contributed by atoms with Crippen molar-refractivity contribution in [2.45, 2.75) is 50.4 Å². The lowest BCUT2D eigenvalue weighted by atomic mass is 9.66. The predicted molar refractivity (Wildman–Crippen MR) is 134 cm³/mol. The van der Waals surface area contributed by atoms with Crippen molar-refractivity contribution in [3.05, 3.63) is 89.1 Å². The van der Waals surface area contributed by atoms with Crippen molar-refractivity contribution in [2.24, 2.45) is 11.3 Å². The molecule has 4 heteroatoms. The van der Waals surface area contributed by atoms with E-state index < -0.39 is 0 Å². The summed E-state index contributed by atoms with van der Waals surface area (Å²) in [5.41, 5.74) is 5.55. The Bertz CT molecular complexity index is 1160. The summed E-state index contributed by atoms with van der Waals surface area (Å²) in [5.74, 6) is 2.30. The van der Waals surface area contributed by atoms with Gasteiger partial charge in [0.25, 0.3) is 0 Å². The van der Waals surface area contributed by atoms with Gasteiger partial charge in [0.1, 0.15) is 17.9 Å². The predicted octanol–water partition coefficient (Wildman–Crippen LogP) is 5.84. The second-order valence-electron chi connectivity index (χ2n) is 10.7. The van der Waals surface area contributed by atoms with E-state index in [-0.39, 0.29) is 11.8 Å². The molecular weight excluding hydrogens is 420 g/mol. The molecule has 2 aromatic carbocycles. The van der Waals surface area contributed by atoms with Gasteiger partial charge in [-0.25, -0.2) is 4.98 Å². The molecule has 0 unspecified atom stereocenters. The summed E-state index contributed by atoms with van der Waals surface area (Å²) in [6.45, 7) is 2.12. The van der Waals surface area contributed by atoms with Crippen molar-refractivity contribution < 1.29 is 9.90 Å². The number of aromatic nitrogens is 1. The Morgan fingerprint density at radius 2 is 1.74 bits per heavy atom. The Morgan fingerprint density at radius 3 is 2.44 bits per heavy atom. The normalized spacial score (nSPS) is 23.8. The molecule has 2 fully saturated rings. The van der Waals surface area contributed by atoms with Gasteiger partial charge in [-0.2, -0.15) is 0 Å². The number of rotatable bonds is 4. The Morgan fingerprint density at radius 1 is 0.941 bits per heavy atom. The third-order valence-electron chi connectivity index (χ3n) is 8.61. The number of carbonyl (C=O) groups excluding carboxylic acids is 1. The molecule has 4 nitrogen and oxygen atoms in total. The zero-order chi connectivity index (χ0) is 23.1. The number of hydrogen-bond donors (Lipinski definition) is 1. The van der Waals surface area contributed by atoms with Gasteiger partial charge in [-0.1, -0.05) is 42.5 Å². The van der Waals surface area contributed by atoms with Crippen LogP contribution in [-0.4, -0.2) is 29.5 Å². The number of pyridine rings is 1. The fraction of sp³-hybridized carbons (Fsp3) is 0.400. The Balaban J connectivity index is 1.25. The lowest BCUT2D eigenvalue weighted by Crippen LogP contribution is -2.58. The number of anilines is 1. The first-order valence-corrected chi connectivity index (χ1v) is 12.7. The smallest absolute Gasteiger partial charge is 0.128 e. The molecule has 1 spiro atoms. The van der Waals surface area contributed by atoms with Crippen LogP contribution in [0.15, 0.2) is 66.9 Å². The molecule has 2 heterocycles. The first-order valence-electron chi connectivity index (χ1n) is 12.7. The van der Waals surface area contributed by atoms with E-state index in [4.69, 9.17) is 4.98 Å². The highest BCUT2D eigenvalue weighted by atomic mass is 16.3. The lowest BCUT2D eigenvalue weighted by Gasteiger charge is -2.53. The standard InChI is InChI=1S/C30H32N2O2/c33-18-21-12-14-30(15-13-21)19-32(20-30)28-11-7-24(17-31-28)29-26(22-4-2-1-3-5-22)9-6-23-16-25(34)8-10-27(23)29/h1-5,7-8,10-11,16-18,21,26,29,34H,6,9,12-15,19-20H2/t26-,29+/m0/s1. The monoisotopic (exact) mass is 452 g/mol. The maximum atomic E-state index is 11.1. The van der Waals surface area contributed by atoms with Crippen molar-refractivity contribution >= 4 is 12.1 Å². The minimum absolute atomic E-state index is 0.231. The van der Waals surface area contributed by atoms with E-state index in [1.165, 1.54) is 22.3 Å². The Hall–Kier alpha value is -3.14. The van der Waals surface area contributed by atoms with Gasteiger partial charge in [0.15, 0.2) is 0 Å². The maximum Gasteiger partial charge on any atom is 0.128 e. The minimum Gasteiger partial charge on any atom is -0.508 e. The number of carbonyl (C=O) groups is 1. The number of nitrogens with zero attached hydrogens (tertiary/aromatic N) is 2. The molecule has 1 aliphatic heterocycles. The summed E-state index contributed by atoms with van der Waals surface area (Å²) >= 11 is 0. The molecule has 3 aromatic rings. The lowest BCUT2D eigenvalue weighted by molar-refractivity contribution is -0.112. The summed E-state index contributed by atoms with van der Waals surface area (Å²) in [6.07, 6.45) is 9.67. The maximum absolute atomic E-state index is 11.1. The van der Waals surface area contributed by atoms with Gasteiger partial charge in [0.2, 0.25) is 0 Å². The SMILES string of the molecule is O=CC1CCC2(CC1)CN(c1ccc([C@H]3c4ccc(O)cc4CC[C@H]3c3ccccc3)cn1)C2. The van der Waals surface area contributed by atoms with E-state index in [0.717, 1.165) is 63.7 Å². The Kier molecular flexibility index (Phi) is 5.40. The van der Waals surface area contributed by atoms with Crippen LogP contribution < -0.4 is 4.90 Å². The summed E-state index contributed by atoms with van der Waals surface area (Å²) < 4.78 is 0. The number of aryl methyl sites for hydroxylation is 1. The van der Waals surface area contributed by atoms with Crippen LogP contribution >= 0.6 is 0 Å². The molecular formula is C30H32N2O2. The summed E-state index contributed by atoms with van der Waals surface area (Å²) in [6, 6.07) is 21.1. The summed E-state index contributed by atoms with van der Waals surface area (Å²) in [4.78, 5) is 18.4. The highest BCUT2D eigenvalue weighted by Gasteiger charge is 2.45. The van der Waals surface area contributed by atoms with E-state index in [1.54, 1.807) is 0 Å². The second-order valence-corrected chi connectivity index (χ2v) is 10.7. The average molecular weight is 453 g/mol. The molecule has 3 aliphatic rings. The third-order valence-corrected chi connectivity index (χ3v) is 8.61. The number of phenolic OH excluding ortho intramolecular Hbond substituents is 1. The van der Waals surface area contributed by atoms with E-state index in [2.05, 4.69) is 59.6 Å². The molecule has 0 radical (unpaired) electrons. The summed E-state index contributed by atoms with van der Waals surface area (Å²) in [5, 5.41) is 10.1. The molecule has 1 aromatic heterocycles. The molecule has 34 heavy (non-hydrogen) atoms. The van der Waals surface area contributed by atoms with Crippen LogP contribution in [0.3, 0.4) is 0 Å². The van der Waals surface area contributed by atoms with Gasteiger partial charge in [0.05, 0.1) is 0 Å². The second kappa shape index (κ2) is 8.57. The molecule has 2 atom stereocenters. The quantitative estimate of drug-likeness (QED) is 0.505. The van der Waals surface area contributed by atoms with E-state index in [0.29, 0.717) is 17.1 Å². The largest absolute Gasteiger partial charge is 0.508 e. The van der Waals surface area contributed by atoms with Crippen molar-refractivity contribution in [2.75, 3.05) is 18.0 Å². The number of phenols is 1. The van der Waals surface area contributed by atoms with Gasteiger partial charge in [-0.15, -0.1) is 0 Å². The van der Waals surface area contributed by atoms with E-state index in [9.17, 15) is 9.90 Å². The van der Waals surface area contributed by atoms with Gasteiger partial charge in [0, 0.05) is 36.5 Å². The molecule has 0 amide bonds. The van der Waals surface area contributed by atoms with Gasteiger partial charge >= 0.3 is 0 Å². The fourth-order valence-corrected chi connectivity index (χ4v) is 6.68. The topological polar surface area (TPSA) is 53.4 Å². The van der Waals surface area contributed by atoms with Crippen LogP contribution in [0.4, 0.5) is 5.82 Å². The van der Waals surface area contributed by atoms with Crippen LogP contribution in [0.2, 0.25) is 0 Å². The van der Waals surface area contributed by atoms with Crippen molar-refractivity contribution in [3.63, 3.8) is 0 Å². The molecule has 1 N–H and O–H groups in total. The third kappa shape index (κ3) is 3.79. The molecule has 1 saturated carbocycles. The van der Waals surface area contributed by atoms with Gasteiger partial charge in [-0.05, 0) is 84.9 Å². The highest BCUT2D eigenvalue weighted by molar-refractivity contribution is 5.54. The van der Waals surface area contributed by atoms with Gasteiger partial charge < -0.3 is 14.8 Å². The first-order chi connectivity index (χ1) is 16.6. The Labute approximate surface area is 201 Å². The average Bonchev–Trinajstić information content (AvgIpc) is 2.87. The molecule has 1 saturated heterocycles. The van der Waals surface area contributed by atoms with E-state index in [1.807, 2.05) is 12.1 Å².